The van der Waals surface area contributed by atoms with Crippen molar-refractivity contribution in [3.8, 4) is 0 Å². The molecule has 19 heavy (non-hydrogen) atoms. The van der Waals surface area contributed by atoms with Gasteiger partial charge < -0.3 is 5.73 Å². The van der Waals surface area contributed by atoms with Gasteiger partial charge in [0.25, 0.3) is 0 Å². The highest BCUT2D eigenvalue weighted by Crippen LogP contribution is 2.27. The summed E-state index contributed by atoms with van der Waals surface area (Å²) in [5.74, 6) is 0. The lowest BCUT2D eigenvalue weighted by molar-refractivity contribution is 0.638. The number of benzene rings is 1. The monoisotopic (exact) mass is 277 g/mol. The van der Waals surface area contributed by atoms with Gasteiger partial charge in [0.05, 0.1) is 5.69 Å². The van der Waals surface area contributed by atoms with Crippen LogP contribution in [0.15, 0.2) is 24.3 Å². The lowest BCUT2D eigenvalue weighted by atomic mass is 10.0. The SMILES string of the molecule is CCc1cc(CC(N)c2cccc(C)c2Cl)n(C)n1. The molecule has 0 bridgehead atoms. The van der Waals surface area contributed by atoms with Crippen LogP contribution in [0, 0.1) is 6.92 Å². The van der Waals surface area contributed by atoms with Gasteiger partial charge in [-0.05, 0) is 30.5 Å². The first-order valence-electron chi connectivity index (χ1n) is 6.55. The Labute approximate surface area is 119 Å². The Hall–Kier alpha value is -1.32. The average Bonchev–Trinajstić information content (AvgIpc) is 2.73. The topological polar surface area (TPSA) is 43.8 Å². The molecule has 1 heterocycles. The maximum Gasteiger partial charge on any atom is 0.0624 e. The van der Waals surface area contributed by atoms with Gasteiger partial charge >= 0.3 is 0 Å². The highest BCUT2D eigenvalue weighted by molar-refractivity contribution is 6.32. The second kappa shape index (κ2) is 5.76. The van der Waals surface area contributed by atoms with Crippen LogP contribution in [0.2, 0.25) is 5.02 Å². The van der Waals surface area contributed by atoms with Crippen LogP contribution in [-0.4, -0.2) is 9.78 Å². The fourth-order valence-electron chi connectivity index (χ4n) is 2.23. The molecule has 3 nitrogen and oxygen atoms in total. The smallest absolute Gasteiger partial charge is 0.0624 e. The molecule has 0 amide bonds. The highest BCUT2D eigenvalue weighted by Gasteiger charge is 2.14. The van der Waals surface area contributed by atoms with Crippen LogP contribution < -0.4 is 5.73 Å². The van der Waals surface area contributed by atoms with E-state index in [-0.39, 0.29) is 6.04 Å². The van der Waals surface area contributed by atoms with E-state index in [1.54, 1.807) is 0 Å². The minimum Gasteiger partial charge on any atom is -0.324 e. The quantitative estimate of drug-likeness (QED) is 0.933. The number of halogens is 1. The maximum absolute atomic E-state index is 6.32. The molecule has 0 saturated carbocycles. The number of aromatic nitrogens is 2. The summed E-state index contributed by atoms with van der Waals surface area (Å²) in [7, 11) is 1.96. The number of hydrogen-bond donors (Lipinski definition) is 1. The fraction of sp³-hybridized carbons (Fsp3) is 0.400. The summed E-state index contributed by atoms with van der Waals surface area (Å²) in [5, 5.41) is 5.22. The number of nitrogens with two attached hydrogens (primary N) is 1. The molecule has 0 aliphatic heterocycles. The second-order valence-corrected chi connectivity index (χ2v) is 5.27. The molecule has 0 aliphatic rings. The van der Waals surface area contributed by atoms with E-state index in [1.807, 2.05) is 36.9 Å². The van der Waals surface area contributed by atoms with E-state index in [4.69, 9.17) is 17.3 Å². The average molecular weight is 278 g/mol. The molecule has 2 rings (SSSR count). The predicted molar refractivity (Wildman–Crippen MR) is 79.4 cm³/mol. The van der Waals surface area contributed by atoms with Crippen LogP contribution in [-0.2, 0) is 19.9 Å². The Morgan fingerprint density at radius 1 is 1.42 bits per heavy atom. The normalized spacial score (nSPS) is 12.7. The largest absolute Gasteiger partial charge is 0.324 e. The van der Waals surface area contributed by atoms with Crippen LogP contribution in [0.25, 0.3) is 0 Å². The van der Waals surface area contributed by atoms with Crippen molar-refractivity contribution in [2.24, 2.45) is 12.8 Å². The zero-order valence-electron chi connectivity index (χ0n) is 11.7. The van der Waals surface area contributed by atoms with Crippen molar-refractivity contribution in [3.63, 3.8) is 0 Å². The van der Waals surface area contributed by atoms with E-state index in [0.717, 1.165) is 40.4 Å². The van der Waals surface area contributed by atoms with Gasteiger partial charge in [-0.3, -0.25) is 4.68 Å². The van der Waals surface area contributed by atoms with Crippen molar-refractivity contribution in [2.75, 3.05) is 0 Å². The summed E-state index contributed by atoms with van der Waals surface area (Å²) in [4.78, 5) is 0. The summed E-state index contributed by atoms with van der Waals surface area (Å²) in [5.41, 5.74) is 10.6. The Kier molecular flexibility index (Phi) is 4.27. The molecular weight excluding hydrogens is 258 g/mol. The number of nitrogens with zero attached hydrogens (tertiary/aromatic N) is 2. The van der Waals surface area contributed by atoms with Gasteiger partial charge in [0.1, 0.15) is 0 Å². The van der Waals surface area contributed by atoms with Crippen molar-refractivity contribution < 1.29 is 0 Å². The first-order valence-corrected chi connectivity index (χ1v) is 6.93. The van der Waals surface area contributed by atoms with E-state index < -0.39 is 0 Å². The Morgan fingerprint density at radius 2 is 2.16 bits per heavy atom. The minimum absolute atomic E-state index is 0.104. The number of hydrogen-bond acceptors (Lipinski definition) is 2. The van der Waals surface area contributed by atoms with Crippen LogP contribution >= 0.6 is 11.6 Å². The zero-order valence-corrected chi connectivity index (χ0v) is 12.4. The van der Waals surface area contributed by atoms with Gasteiger partial charge in [-0.25, -0.2) is 0 Å². The molecule has 2 aromatic rings. The van der Waals surface area contributed by atoms with E-state index in [2.05, 4.69) is 18.1 Å². The molecule has 102 valence electrons. The molecule has 1 aromatic carbocycles. The van der Waals surface area contributed by atoms with Crippen LogP contribution in [0.4, 0.5) is 0 Å². The van der Waals surface area contributed by atoms with E-state index in [0.29, 0.717) is 0 Å². The molecule has 1 aromatic heterocycles. The lowest BCUT2D eigenvalue weighted by Crippen LogP contribution is -2.16. The minimum atomic E-state index is -0.104. The molecule has 0 radical (unpaired) electrons. The molecule has 0 aliphatic carbocycles. The standard InChI is InChI=1S/C15H20ClN3/c1-4-11-8-12(19(3)18-11)9-14(17)13-7-5-6-10(2)15(13)16/h5-8,14H,4,9,17H2,1-3H3. The van der Waals surface area contributed by atoms with Gasteiger partial charge in [0.2, 0.25) is 0 Å². The van der Waals surface area contributed by atoms with E-state index >= 15 is 0 Å². The van der Waals surface area contributed by atoms with Crippen molar-refractivity contribution >= 4 is 11.6 Å². The summed E-state index contributed by atoms with van der Waals surface area (Å²) in [6.07, 6.45) is 1.68. The molecule has 1 unspecified atom stereocenters. The number of rotatable bonds is 4. The third kappa shape index (κ3) is 2.99. The van der Waals surface area contributed by atoms with E-state index in [1.165, 1.54) is 0 Å². The van der Waals surface area contributed by atoms with Gasteiger partial charge in [0, 0.05) is 30.2 Å². The predicted octanol–water partition coefficient (Wildman–Crippen LogP) is 3.19. The second-order valence-electron chi connectivity index (χ2n) is 4.89. The third-order valence-corrected chi connectivity index (χ3v) is 3.96. The first kappa shape index (κ1) is 14.1. The molecule has 2 N–H and O–H groups in total. The van der Waals surface area contributed by atoms with Crippen molar-refractivity contribution in [3.05, 3.63) is 51.8 Å². The zero-order chi connectivity index (χ0) is 14.0. The molecule has 0 fully saturated rings. The third-order valence-electron chi connectivity index (χ3n) is 3.44. The highest BCUT2D eigenvalue weighted by atomic mass is 35.5. The van der Waals surface area contributed by atoms with Gasteiger partial charge in [-0.15, -0.1) is 0 Å². The Balaban J connectivity index is 2.22. The van der Waals surface area contributed by atoms with Crippen LogP contribution in [0.3, 0.4) is 0 Å². The number of aryl methyl sites for hydroxylation is 3. The van der Waals surface area contributed by atoms with Crippen molar-refractivity contribution in [1.82, 2.24) is 9.78 Å². The summed E-state index contributed by atoms with van der Waals surface area (Å²) < 4.78 is 1.91. The van der Waals surface area contributed by atoms with Gasteiger partial charge in [-0.2, -0.15) is 5.10 Å². The summed E-state index contributed by atoms with van der Waals surface area (Å²) in [6.45, 7) is 4.10. The molecular formula is C15H20ClN3. The Bertz CT molecular complexity index is 575. The molecule has 1 atom stereocenters. The summed E-state index contributed by atoms with van der Waals surface area (Å²) in [6, 6.07) is 8.00. The van der Waals surface area contributed by atoms with E-state index in [9.17, 15) is 0 Å². The van der Waals surface area contributed by atoms with Crippen molar-refractivity contribution in [2.45, 2.75) is 32.7 Å². The van der Waals surface area contributed by atoms with Gasteiger partial charge in [0.15, 0.2) is 0 Å². The summed E-state index contributed by atoms with van der Waals surface area (Å²) >= 11 is 6.32. The van der Waals surface area contributed by atoms with Crippen LogP contribution in [0.5, 0.6) is 0 Å². The molecule has 0 saturated heterocycles. The fourth-order valence-corrected chi connectivity index (χ4v) is 2.49. The van der Waals surface area contributed by atoms with Crippen LogP contribution in [0.1, 0.15) is 35.5 Å². The molecule has 0 spiro atoms. The molecule has 4 heteroatoms. The van der Waals surface area contributed by atoms with Gasteiger partial charge in [-0.1, -0.05) is 36.7 Å². The maximum atomic E-state index is 6.32. The lowest BCUT2D eigenvalue weighted by Gasteiger charge is -2.15. The first-order chi connectivity index (χ1) is 9.02. The Morgan fingerprint density at radius 3 is 2.79 bits per heavy atom. The van der Waals surface area contributed by atoms with Crippen molar-refractivity contribution in [1.29, 1.82) is 0 Å².